The lowest BCUT2D eigenvalue weighted by Crippen LogP contribution is -2.09. The molecule has 0 radical (unpaired) electrons. The molecule has 1 heterocycles. The van der Waals surface area contributed by atoms with E-state index < -0.39 is 0 Å². The Labute approximate surface area is 162 Å². The summed E-state index contributed by atoms with van der Waals surface area (Å²) in [6, 6.07) is 27.7. The monoisotopic (exact) mass is 369 g/mol. The van der Waals surface area contributed by atoms with Gasteiger partial charge in [-0.05, 0) is 35.4 Å². The van der Waals surface area contributed by atoms with Crippen LogP contribution in [0, 0.1) is 0 Å². The molecule has 0 atom stereocenters. The molecule has 0 bridgehead atoms. The predicted octanol–water partition coefficient (Wildman–Crippen LogP) is 3.87. The molecular weight excluding hydrogens is 350 g/mol. The van der Waals surface area contributed by atoms with Gasteiger partial charge in [0.25, 0.3) is 0 Å². The summed E-state index contributed by atoms with van der Waals surface area (Å²) >= 11 is 0. The van der Waals surface area contributed by atoms with Crippen molar-refractivity contribution in [1.82, 2.24) is 15.0 Å². The zero-order valence-corrected chi connectivity index (χ0v) is 15.1. The summed E-state index contributed by atoms with van der Waals surface area (Å²) in [6.07, 6.45) is -0.211. The van der Waals surface area contributed by atoms with Crippen LogP contribution in [-0.2, 0) is 0 Å². The first-order valence-corrected chi connectivity index (χ1v) is 8.83. The van der Waals surface area contributed by atoms with Crippen molar-refractivity contribution in [3.8, 4) is 17.1 Å². The first-order valence-electron chi connectivity index (χ1n) is 8.83. The van der Waals surface area contributed by atoms with Crippen molar-refractivity contribution in [2.75, 3.05) is 11.5 Å². The number of aromatic nitrogens is 3. The van der Waals surface area contributed by atoms with Gasteiger partial charge < -0.3 is 16.2 Å². The highest BCUT2D eigenvalue weighted by atomic mass is 16.5. The molecule has 4 rings (SSSR count). The molecule has 0 fully saturated rings. The molecule has 0 spiro atoms. The van der Waals surface area contributed by atoms with Gasteiger partial charge in [0.15, 0.2) is 5.82 Å². The fraction of sp³-hybridized carbons (Fsp3) is 0.0455. The summed E-state index contributed by atoms with van der Waals surface area (Å²) in [7, 11) is 0. The number of nitrogens with two attached hydrogens (primary N) is 2. The minimum atomic E-state index is -0.211. The van der Waals surface area contributed by atoms with Crippen LogP contribution in [0.2, 0.25) is 0 Å². The summed E-state index contributed by atoms with van der Waals surface area (Å²) in [5.74, 6) is 1.35. The number of hydrogen-bond donors (Lipinski definition) is 2. The number of anilines is 2. The molecule has 0 aliphatic heterocycles. The quantitative estimate of drug-likeness (QED) is 0.554. The Balaban J connectivity index is 1.62. The molecule has 0 aliphatic carbocycles. The Morgan fingerprint density at radius 1 is 0.607 bits per heavy atom. The fourth-order valence-corrected chi connectivity index (χ4v) is 2.94. The van der Waals surface area contributed by atoms with Gasteiger partial charge in [0.2, 0.25) is 11.9 Å². The number of nitrogen functional groups attached to an aromatic ring is 2. The Morgan fingerprint density at radius 2 is 1.11 bits per heavy atom. The van der Waals surface area contributed by atoms with E-state index in [1.165, 1.54) is 0 Å². The zero-order chi connectivity index (χ0) is 19.3. The second-order valence-corrected chi connectivity index (χ2v) is 6.22. The molecule has 3 aromatic carbocycles. The lowest BCUT2D eigenvalue weighted by Gasteiger charge is -2.20. The summed E-state index contributed by atoms with van der Waals surface area (Å²) < 4.78 is 6.32. The summed E-state index contributed by atoms with van der Waals surface area (Å²) in [4.78, 5) is 12.0. The summed E-state index contributed by atoms with van der Waals surface area (Å²) in [5, 5.41) is 0. The molecule has 28 heavy (non-hydrogen) atoms. The standard InChI is InChI=1S/C22H19N5O/c23-21-25-20(26-22(24)27-21)17-11-13-18(14-12-17)28-19(15-7-3-1-4-8-15)16-9-5-2-6-10-16/h1-14,19H,(H4,23,24,25,26,27). The predicted molar refractivity (Wildman–Crippen MR) is 109 cm³/mol. The Morgan fingerprint density at radius 3 is 1.61 bits per heavy atom. The highest BCUT2D eigenvalue weighted by Gasteiger charge is 2.16. The van der Waals surface area contributed by atoms with Gasteiger partial charge in [0, 0.05) is 5.56 Å². The van der Waals surface area contributed by atoms with Crippen LogP contribution in [0.1, 0.15) is 17.2 Å². The van der Waals surface area contributed by atoms with E-state index >= 15 is 0 Å². The van der Waals surface area contributed by atoms with Crippen molar-refractivity contribution in [2.24, 2.45) is 0 Å². The molecule has 6 heteroatoms. The molecule has 0 saturated heterocycles. The van der Waals surface area contributed by atoms with Crippen LogP contribution >= 0.6 is 0 Å². The van der Waals surface area contributed by atoms with Crippen molar-refractivity contribution in [1.29, 1.82) is 0 Å². The van der Waals surface area contributed by atoms with Gasteiger partial charge in [0.1, 0.15) is 11.9 Å². The summed E-state index contributed by atoms with van der Waals surface area (Å²) in [5.41, 5.74) is 14.2. The molecule has 138 valence electrons. The number of rotatable bonds is 5. The summed E-state index contributed by atoms with van der Waals surface area (Å²) in [6.45, 7) is 0. The molecule has 6 nitrogen and oxygen atoms in total. The van der Waals surface area contributed by atoms with Gasteiger partial charge in [-0.25, -0.2) is 0 Å². The van der Waals surface area contributed by atoms with Crippen molar-refractivity contribution in [3.63, 3.8) is 0 Å². The SMILES string of the molecule is Nc1nc(N)nc(-c2ccc(OC(c3ccccc3)c3ccccc3)cc2)n1. The van der Waals surface area contributed by atoms with Gasteiger partial charge >= 0.3 is 0 Å². The third-order valence-corrected chi connectivity index (χ3v) is 4.24. The Kier molecular flexibility index (Phi) is 4.84. The van der Waals surface area contributed by atoms with Gasteiger partial charge in [-0.1, -0.05) is 60.7 Å². The maximum Gasteiger partial charge on any atom is 0.225 e. The molecule has 0 aliphatic rings. The highest BCUT2D eigenvalue weighted by molar-refractivity contribution is 5.58. The number of nitrogens with zero attached hydrogens (tertiary/aromatic N) is 3. The van der Waals surface area contributed by atoms with Crippen LogP contribution < -0.4 is 16.2 Å². The first-order chi connectivity index (χ1) is 13.7. The average molecular weight is 369 g/mol. The van der Waals surface area contributed by atoms with Crippen LogP contribution in [0.4, 0.5) is 11.9 Å². The molecule has 4 N–H and O–H groups in total. The Bertz CT molecular complexity index is 994. The van der Waals surface area contributed by atoms with Crippen molar-refractivity contribution in [3.05, 3.63) is 96.1 Å². The van der Waals surface area contributed by atoms with E-state index in [4.69, 9.17) is 16.2 Å². The van der Waals surface area contributed by atoms with Crippen LogP contribution in [0.5, 0.6) is 5.75 Å². The van der Waals surface area contributed by atoms with Crippen LogP contribution in [0.3, 0.4) is 0 Å². The third-order valence-electron chi connectivity index (χ3n) is 4.24. The normalized spacial score (nSPS) is 10.8. The molecular formula is C22H19N5O. The van der Waals surface area contributed by atoms with Crippen molar-refractivity contribution in [2.45, 2.75) is 6.10 Å². The lowest BCUT2D eigenvalue weighted by molar-refractivity contribution is 0.247. The smallest absolute Gasteiger partial charge is 0.225 e. The molecule has 0 amide bonds. The second-order valence-electron chi connectivity index (χ2n) is 6.22. The first kappa shape index (κ1) is 17.5. The minimum absolute atomic E-state index is 0.0936. The maximum atomic E-state index is 6.32. The van der Waals surface area contributed by atoms with Crippen LogP contribution in [0.25, 0.3) is 11.4 Å². The van der Waals surface area contributed by atoms with E-state index in [2.05, 4.69) is 39.2 Å². The van der Waals surface area contributed by atoms with E-state index in [1.54, 1.807) is 0 Å². The van der Waals surface area contributed by atoms with Crippen LogP contribution in [-0.4, -0.2) is 15.0 Å². The molecule has 0 unspecified atom stereocenters. The highest BCUT2D eigenvalue weighted by Crippen LogP contribution is 2.29. The Hall–Kier alpha value is -3.93. The molecule has 4 aromatic rings. The second kappa shape index (κ2) is 7.75. The zero-order valence-electron chi connectivity index (χ0n) is 15.1. The number of ether oxygens (including phenoxy) is 1. The number of hydrogen-bond acceptors (Lipinski definition) is 6. The van der Waals surface area contributed by atoms with E-state index in [0.717, 1.165) is 22.4 Å². The minimum Gasteiger partial charge on any atom is -0.481 e. The topological polar surface area (TPSA) is 99.9 Å². The average Bonchev–Trinajstić information content (AvgIpc) is 2.73. The molecule has 1 aromatic heterocycles. The fourth-order valence-electron chi connectivity index (χ4n) is 2.94. The third kappa shape index (κ3) is 3.91. The van der Waals surface area contributed by atoms with Gasteiger partial charge in [-0.3, -0.25) is 0 Å². The van der Waals surface area contributed by atoms with E-state index in [-0.39, 0.29) is 18.0 Å². The lowest BCUT2D eigenvalue weighted by atomic mass is 10.0. The van der Waals surface area contributed by atoms with E-state index in [0.29, 0.717) is 5.82 Å². The maximum absolute atomic E-state index is 6.32. The van der Waals surface area contributed by atoms with E-state index in [9.17, 15) is 0 Å². The van der Waals surface area contributed by atoms with Gasteiger partial charge in [-0.15, -0.1) is 0 Å². The largest absolute Gasteiger partial charge is 0.481 e. The van der Waals surface area contributed by atoms with Crippen LogP contribution in [0.15, 0.2) is 84.9 Å². The van der Waals surface area contributed by atoms with Gasteiger partial charge in [0.05, 0.1) is 0 Å². The van der Waals surface area contributed by atoms with Gasteiger partial charge in [-0.2, -0.15) is 15.0 Å². The molecule has 0 saturated carbocycles. The number of benzene rings is 3. The van der Waals surface area contributed by atoms with Crippen molar-refractivity contribution >= 4 is 11.9 Å². The van der Waals surface area contributed by atoms with Crippen molar-refractivity contribution < 1.29 is 4.74 Å². The van der Waals surface area contributed by atoms with E-state index in [1.807, 2.05) is 60.7 Å².